The molecule has 1 fully saturated rings. The van der Waals surface area contributed by atoms with Crippen LogP contribution in [0, 0.1) is 0 Å². The third-order valence-corrected chi connectivity index (χ3v) is 6.27. The van der Waals surface area contributed by atoms with Gasteiger partial charge in [0.25, 0.3) is 5.91 Å². The topological polar surface area (TPSA) is 92.8 Å². The Labute approximate surface area is 173 Å². The number of hydrogen-bond donors (Lipinski definition) is 1. The number of sulfonamides is 1. The van der Waals surface area contributed by atoms with Crippen molar-refractivity contribution in [1.82, 2.24) is 9.62 Å². The maximum atomic E-state index is 12.8. The molecule has 0 radical (unpaired) electrons. The van der Waals surface area contributed by atoms with E-state index in [2.05, 4.69) is 5.32 Å². The van der Waals surface area contributed by atoms with Gasteiger partial charge in [-0.3, -0.25) is 4.79 Å². The molecule has 1 aliphatic heterocycles. The highest BCUT2D eigenvalue weighted by Crippen LogP contribution is 2.21. The molecule has 1 heterocycles. The highest BCUT2D eigenvalue weighted by molar-refractivity contribution is 7.89. The molecule has 0 unspecified atom stereocenters. The first-order valence-corrected chi connectivity index (χ1v) is 11.3. The number of carbonyl (C=O) groups is 2. The number of rotatable bonds is 6. The van der Waals surface area contributed by atoms with Crippen molar-refractivity contribution in [2.45, 2.75) is 56.9 Å². The third kappa shape index (κ3) is 7.62. The summed E-state index contributed by atoms with van der Waals surface area (Å²) in [6.45, 7) is 6.26. The Bertz CT molecular complexity index is 831. The van der Waals surface area contributed by atoms with E-state index >= 15 is 0 Å². The monoisotopic (exact) mass is 422 g/mol. The Morgan fingerprint density at radius 1 is 1.07 bits per heavy atom. The lowest BCUT2D eigenvalue weighted by Crippen LogP contribution is -2.42. The van der Waals surface area contributed by atoms with Crippen molar-refractivity contribution in [3.8, 4) is 0 Å². The zero-order valence-corrected chi connectivity index (χ0v) is 18.1. The van der Waals surface area contributed by atoms with Gasteiger partial charge < -0.3 is 10.1 Å². The molecule has 1 aromatic carbocycles. The van der Waals surface area contributed by atoms with Crippen LogP contribution in [0.2, 0.25) is 0 Å². The van der Waals surface area contributed by atoms with Crippen molar-refractivity contribution >= 4 is 28.0 Å². The lowest BCUT2D eigenvalue weighted by atomic mass is 10.1. The van der Waals surface area contributed by atoms with Crippen molar-refractivity contribution in [3.05, 3.63) is 35.9 Å². The number of carbonyl (C=O) groups excluding carboxylic acids is 2. The van der Waals surface area contributed by atoms with Gasteiger partial charge in [-0.25, -0.2) is 13.2 Å². The van der Waals surface area contributed by atoms with Crippen LogP contribution in [0.5, 0.6) is 0 Å². The predicted octanol–water partition coefficient (Wildman–Crippen LogP) is 2.72. The van der Waals surface area contributed by atoms with Gasteiger partial charge in [-0.1, -0.05) is 25.0 Å². The maximum absolute atomic E-state index is 12.8. The fraction of sp³-hybridized carbons (Fsp3) is 0.524. The van der Waals surface area contributed by atoms with Gasteiger partial charge in [0, 0.05) is 24.7 Å². The molecular formula is C21H30N2O5S. The van der Waals surface area contributed by atoms with Crippen LogP contribution in [-0.2, 0) is 24.3 Å². The van der Waals surface area contributed by atoms with Gasteiger partial charge in [0.2, 0.25) is 10.0 Å². The fourth-order valence-electron chi connectivity index (χ4n) is 2.99. The van der Waals surface area contributed by atoms with E-state index in [0.717, 1.165) is 25.7 Å². The van der Waals surface area contributed by atoms with E-state index in [1.165, 1.54) is 12.2 Å². The summed E-state index contributed by atoms with van der Waals surface area (Å²) >= 11 is 0. The molecule has 1 aromatic rings. The second-order valence-electron chi connectivity index (χ2n) is 8.13. The number of amides is 1. The average molecular weight is 423 g/mol. The molecule has 0 saturated carbocycles. The largest absolute Gasteiger partial charge is 0.452 e. The summed E-state index contributed by atoms with van der Waals surface area (Å²) in [4.78, 5) is 23.7. The van der Waals surface area contributed by atoms with Crippen LogP contribution < -0.4 is 5.32 Å². The van der Waals surface area contributed by atoms with E-state index in [0.29, 0.717) is 18.7 Å². The minimum Gasteiger partial charge on any atom is -0.452 e. The first-order valence-electron chi connectivity index (χ1n) is 9.84. The third-order valence-electron chi connectivity index (χ3n) is 4.35. The number of ether oxygens (including phenoxy) is 1. The minimum absolute atomic E-state index is 0.248. The van der Waals surface area contributed by atoms with Crippen LogP contribution in [0.1, 0.15) is 52.0 Å². The molecule has 2 rings (SSSR count). The molecule has 8 heteroatoms. The summed E-state index contributed by atoms with van der Waals surface area (Å²) in [7, 11) is -3.49. The Hall–Kier alpha value is -2.19. The highest BCUT2D eigenvalue weighted by atomic mass is 32.2. The van der Waals surface area contributed by atoms with E-state index in [4.69, 9.17) is 4.74 Å². The van der Waals surface area contributed by atoms with Crippen LogP contribution in [-0.4, -0.2) is 49.8 Å². The molecule has 1 N–H and O–H groups in total. The molecule has 1 aliphatic rings. The first kappa shape index (κ1) is 23.1. The summed E-state index contributed by atoms with van der Waals surface area (Å²) in [5, 5.41) is 2.70. The molecule has 7 nitrogen and oxygen atoms in total. The summed E-state index contributed by atoms with van der Waals surface area (Å²) in [5.74, 6) is -1.02. The van der Waals surface area contributed by atoms with Crippen molar-refractivity contribution in [2.75, 3.05) is 19.7 Å². The normalized spacial score (nSPS) is 16.4. The standard InChI is InChI=1S/C21H30N2O5S/c1-21(2,3)22-19(24)16-28-20(25)13-10-17-8-11-18(12-9-17)29(26,27)23-14-6-4-5-7-15-23/h8-13H,4-7,14-16H2,1-3H3,(H,22,24)/b13-10+. The summed E-state index contributed by atoms with van der Waals surface area (Å²) in [6.07, 6.45) is 6.62. The van der Waals surface area contributed by atoms with Gasteiger partial charge in [0.05, 0.1) is 4.90 Å². The molecule has 0 spiro atoms. The SMILES string of the molecule is CC(C)(C)NC(=O)COC(=O)/C=C/c1ccc(S(=O)(=O)N2CCCCCC2)cc1. The van der Waals surface area contributed by atoms with Gasteiger partial charge in [-0.15, -0.1) is 0 Å². The summed E-state index contributed by atoms with van der Waals surface area (Å²) < 4.78 is 32.0. The van der Waals surface area contributed by atoms with Gasteiger partial charge in [0.1, 0.15) is 0 Å². The predicted molar refractivity (Wildman–Crippen MR) is 112 cm³/mol. The second kappa shape index (κ2) is 10.0. The van der Waals surface area contributed by atoms with Gasteiger partial charge in [-0.2, -0.15) is 4.31 Å². The van der Waals surface area contributed by atoms with E-state index in [1.807, 2.05) is 20.8 Å². The minimum atomic E-state index is -3.49. The number of nitrogens with one attached hydrogen (secondary N) is 1. The molecule has 1 saturated heterocycles. The quantitative estimate of drug-likeness (QED) is 0.562. The second-order valence-corrected chi connectivity index (χ2v) is 10.1. The highest BCUT2D eigenvalue weighted by Gasteiger charge is 2.24. The fourth-order valence-corrected chi connectivity index (χ4v) is 4.50. The molecule has 1 amide bonds. The Kier molecular flexibility index (Phi) is 7.98. The maximum Gasteiger partial charge on any atom is 0.331 e. The number of esters is 1. The van der Waals surface area contributed by atoms with Gasteiger partial charge in [-0.05, 0) is 57.4 Å². The van der Waals surface area contributed by atoms with Crippen molar-refractivity contribution in [2.24, 2.45) is 0 Å². The number of benzene rings is 1. The molecule has 0 aromatic heterocycles. The van der Waals surface area contributed by atoms with Crippen molar-refractivity contribution < 1.29 is 22.7 Å². The van der Waals surface area contributed by atoms with Crippen LogP contribution >= 0.6 is 0 Å². The summed E-state index contributed by atoms with van der Waals surface area (Å²) in [6, 6.07) is 6.37. The number of nitrogens with zero attached hydrogens (tertiary/aromatic N) is 1. The van der Waals surface area contributed by atoms with E-state index in [9.17, 15) is 18.0 Å². The van der Waals surface area contributed by atoms with Gasteiger partial charge in [0.15, 0.2) is 6.61 Å². The lowest BCUT2D eigenvalue weighted by molar-refractivity contribution is -0.144. The first-order chi connectivity index (χ1) is 13.6. The average Bonchev–Trinajstić information content (AvgIpc) is 2.94. The molecule has 29 heavy (non-hydrogen) atoms. The van der Waals surface area contributed by atoms with E-state index in [1.54, 1.807) is 28.6 Å². The smallest absolute Gasteiger partial charge is 0.331 e. The van der Waals surface area contributed by atoms with Crippen molar-refractivity contribution in [1.29, 1.82) is 0 Å². The Morgan fingerprint density at radius 3 is 2.21 bits per heavy atom. The molecule has 0 atom stereocenters. The molecular weight excluding hydrogens is 392 g/mol. The van der Waals surface area contributed by atoms with Crippen molar-refractivity contribution in [3.63, 3.8) is 0 Å². The summed E-state index contributed by atoms with van der Waals surface area (Å²) in [5.41, 5.74) is 0.269. The number of hydrogen-bond acceptors (Lipinski definition) is 5. The molecule has 0 bridgehead atoms. The Balaban J connectivity index is 1.92. The van der Waals surface area contributed by atoms with E-state index in [-0.39, 0.29) is 17.4 Å². The molecule has 0 aliphatic carbocycles. The zero-order valence-electron chi connectivity index (χ0n) is 17.3. The van der Waals surface area contributed by atoms with Crippen LogP contribution in [0.3, 0.4) is 0 Å². The lowest BCUT2D eigenvalue weighted by Gasteiger charge is -2.20. The van der Waals surface area contributed by atoms with Crippen LogP contribution in [0.25, 0.3) is 6.08 Å². The van der Waals surface area contributed by atoms with Crippen LogP contribution in [0.15, 0.2) is 35.2 Å². The van der Waals surface area contributed by atoms with Gasteiger partial charge >= 0.3 is 5.97 Å². The molecule has 160 valence electrons. The zero-order chi connectivity index (χ0) is 21.5. The Morgan fingerprint density at radius 2 is 1.66 bits per heavy atom. The van der Waals surface area contributed by atoms with E-state index < -0.39 is 21.5 Å². The van der Waals surface area contributed by atoms with Crippen LogP contribution in [0.4, 0.5) is 0 Å².